The minimum atomic E-state index is -0.761. The molecule has 1 N–H and O–H groups in total. The van der Waals surface area contributed by atoms with E-state index in [9.17, 15) is 13.6 Å². The van der Waals surface area contributed by atoms with Crippen molar-refractivity contribution in [3.8, 4) is 0 Å². The van der Waals surface area contributed by atoms with E-state index >= 15 is 0 Å². The van der Waals surface area contributed by atoms with Crippen LogP contribution in [0.3, 0.4) is 0 Å². The van der Waals surface area contributed by atoms with E-state index in [1.807, 2.05) is 0 Å². The van der Waals surface area contributed by atoms with Crippen LogP contribution in [0.5, 0.6) is 0 Å². The first-order valence-electron chi connectivity index (χ1n) is 4.92. The molecule has 88 valence electrons. The zero-order chi connectivity index (χ0) is 12.3. The van der Waals surface area contributed by atoms with Gasteiger partial charge in [-0.05, 0) is 30.3 Å². The summed E-state index contributed by atoms with van der Waals surface area (Å²) in [5.41, 5.74) is -0.323. The lowest BCUT2D eigenvalue weighted by atomic mass is 10.2. The van der Waals surface area contributed by atoms with Crippen LogP contribution in [-0.4, -0.2) is 5.91 Å². The Bertz CT molecular complexity index is 523. The highest BCUT2D eigenvalue weighted by molar-refractivity contribution is 5.94. The molecule has 2 rings (SSSR count). The van der Waals surface area contributed by atoms with Crippen LogP contribution >= 0.6 is 0 Å². The van der Waals surface area contributed by atoms with Gasteiger partial charge < -0.3 is 9.73 Å². The van der Waals surface area contributed by atoms with Crippen LogP contribution in [0.1, 0.15) is 16.1 Å². The number of rotatable bonds is 3. The highest BCUT2D eigenvalue weighted by Gasteiger charge is 2.12. The smallest absolute Gasteiger partial charge is 0.254 e. The molecule has 1 aromatic heterocycles. The summed E-state index contributed by atoms with van der Waals surface area (Å²) in [6, 6.07) is 6.06. The Hall–Kier alpha value is -2.17. The van der Waals surface area contributed by atoms with Gasteiger partial charge in [-0.15, -0.1) is 0 Å². The number of carbonyl (C=O) groups excluding carboxylic acids is 1. The molecule has 0 aliphatic carbocycles. The third kappa shape index (κ3) is 2.69. The van der Waals surface area contributed by atoms with E-state index in [2.05, 4.69) is 5.32 Å². The van der Waals surface area contributed by atoms with Gasteiger partial charge in [0.05, 0.1) is 18.4 Å². The lowest BCUT2D eigenvalue weighted by molar-refractivity contribution is 0.0943. The van der Waals surface area contributed by atoms with Gasteiger partial charge in [0.25, 0.3) is 5.91 Å². The third-order valence-electron chi connectivity index (χ3n) is 2.18. The molecule has 5 heteroatoms. The molecule has 0 saturated carbocycles. The molecule has 0 spiro atoms. The van der Waals surface area contributed by atoms with Crippen LogP contribution in [0.4, 0.5) is 8.78 Å². The Morgan fingerprint density at radius 3 is 2.82 bits per heavy atom. The van der Waals surface area contributed by atoms with Gasteiger partial charge >= 0.3 is 0 Å². The van der Waals surface area contributed by atoms with Gasteiger partial charge in [-0.2, -0.15) is 0 Å². The summed E-state index contributed by atoms with van der Waals surface area (Å²) in [5.74, 6) is -1.56. The van der Waals surface area contributed by atoms with Crippen LogP contribution < -0.4 is 5.32 Å². The minimum Gasteiger partial charge on any atom is -0.467 e. The van der Waals surface area contributed by atoms with Gasteiger partial charge in [-0.25, -0.2) is 8.78 Å². The van der Waals surface area contributed by atoms with Gasteiger partial charge in [0.1, 0.15) is 17.4 Å². The average Bonchev–Trinajstić information content (AvgIpc) is 2.82. The highest BCUT2D eigenvalue weighted by atomic mass is 19.1. The number of carbonyl (C=O) groups is 1. The summed E-state index contributed by atoms with van der Waals surface area (Å²) in [7, 11) is 0. The summed E-state index contributed by atoms with van der Waals surface area (Å²) in [4.78, 5) is 11.6. The molecule has 0 unspecified atom stereocenters. The van der Waals surface area contributed by atoms with E-state index in [0.29, 0.717) is 5.76 Å². The molecule has 1 amide bonds. The van der Waals surface area contributed by atoms with E-state index in [0.717, 1.165) is 18.2 Å². The van der Waals surface area contributed by atoms with E-state index in [1.165, 1.54) is 6.26 Å². The third-order valence-corrected chi connectivity index (χ3v) is 2.18. The largest absolute Gasteiger partial charge is 0.467 e. The molecule has 1 aromatic carbocycles. The fourth-order valence-corrected chi connectivity index (χ4v) is 1.35. The summed E-state index contributed by atoms with van der Waals surface area (Å²) in [6.45, 7) is 0.127. The predicted octanol–water partition coefficient (Wildman–Crippen LogP) is 2.49. The number of benzene rings is 1. The first kappa shape index (κ1) is 11.3. The average molecular weight is 237 g/mol. The van der Waals surface area contributed by atoms with Crippen molar-refractivity contribution in [3.05, 3.63) is 59.6 Å². The molecule has 1 heterocycles. The molecule has 17 heavy (non-hydrogen) atoms. The van der Waals surface area contributed by atoms with Gasteiger partial charge in [0, 0.05) is 0 Å². The fourth-order valence-electron chi connectivity index (χ4n) is 1.35. The molecular formula is C12H9F2NO2. The van der Waals surface area contributed by atoms with E-state index < -0.39 is 17.5 Å². The number of hydrogen-bond acceptors (Lipinski definition) is 2. The van der Waals surface area contributed by atoms with Crippen LogP contribution in [0.15, 0.2) is 41.0 Å². The Kier molecular flexibility index (Phi) is 3.18. The predicted molar refractivity (Wildman–Crippen MR) is 56.2 cm³/mol. The van der Waals surface area contributed by atoms with Crippen molar-refractivity contribution in [2.45, 2.75) is 6.54 Å². The van der Waals surface area contributed by atoms with Gasteiger partial charge in [-0.3, -0.25) is 4.79 Å². The minimum absolute atomic E-state index is 0.127. The van der Waals surface area contributed by atoms with Crippen molar-refractivity contribution in [1.29, 1.82) is 0 Å². The molecule has 0 aliphatic heterocycles. The van der Waals surface area contributed by atoms with Crippen LogP contribution in [0.2, 0.25) is 0 Å². The zero-order valence-electron chi connectivity index (χ0n) is 8.74. The lowest BCUT2D eigenvalue weighted by Gasteiger charge is -2.04. The second kappa shape index (κ2) is 4.78. The number of furan rings is 1. The van der Waals surface area contributed by atoms with Crippen LogP contribution in [-0.2, 0) is 6.54 Å². The Morgan fingerprint density at radius 2 is 2.12 bits per heavy atom. The van der Waals surface area contributed by atoms with Crippen molar-refractivity contribution in [2.75, 3.05) is 0 Å². The quantitative estimate of drug-likeness (QED) is 0.891. The highest BCUT2D eigenvalue weighted by Crippen LogP contribution is 2.10. The van der Waals surface area contributed by atoms with Crippen molar-refractivity contribution in [1.82, 2.24) is 5.32 Å². The van der Waals surface area contributed by atoms with Gasteiger partial charge in [0.15, 0.2) is 0 Å². The molecule has 0 bridgehead atoms. The summed E-state index contributed by atoms with van der Waals surface area (Å²) in [6.07, 6.45) is 1.46. The number of nitrogens with one attached hydrogen (secondary N) is 1. The summed E-state index contributed by atoms with van der Waals surface area (Å²) >= 11 is 0. The van der Waals surface area contributed by atoms with E-state index in [1.54, 1.807) is 12.1 Å². The van der Waals surface area contributed by atoms with Crippen LogP contribution in [0.25, 0.3) is 0 Å². The summed E-state index contributed by atoms with van der Waals surface area (Å²) < 4.78 is 31.1. The zero-order valence-corrected chi connectivity index (χ0v) is 8.74. The van der Waals surface area contributed by atoms with E-state index in [-0.39, 0.29) is 12.1 Å². The number of halogens is 2. The molecular weight excluding hydrogens is 228 g/mol. The molecule has 3 nitrogen and oxygen atoms in total. The first-order chi connectivity index (χ1) is 8.16. The SMILES string of the molecule is O=C(NCc1ccco1)c1cc(F)ccc1F. The normalized spacial score (nSPS) is 10.2. The fraction of sp³-hybridized carbons (Fsp3) is 0.0833. The molecule has 0 fully saturated rings. The molecule has 2 aromatic rings. The van der Waals surface area contributed by atoms with Crippen molar-refractivity contribution in [3.63, 3.8) is 0 Å². The topological polar surface area (TPSA) is 42.2 Å². The first-order valence-corrected chi connectivity index (χ1v) is 4.92. The van der Waals surface area contributed by atoms with Crippen molar-refractivity contribution in [2.24, 2.45) is 0 Å². The van der Waals surface area contributed by atoms with E-state index in [4.69, 9.17) is 4.42 Å². The number of amides is 1. The van der Waals surface area contributed by atoms with Crippen molar-refractivity contribution >= 4 is 5.91 Å². The standard InChI is InChI=1S/C12H9F2NO2/c13-8-3-4-11(14)10(6-8)12(16)15-7-9-2-1-5-17-9/h1-6H,7H2,(H,15,16). The maximum atomic E-state index is 13.2. The monoisotopic (exact) mass is 237 g/mol. The second-order valence-corrected chi connectivity index (χ2v) is 3.39. The summed E-state index contributed by atoms with van der Waals surface area (Å²) in [5, 5.41) is 2.43. The maximum Gasteiger partial charge on any atom is 0.254 e. The Balaban J connectivity index is 2.07. The molecule has 0 atom stereocenters. The molecule has 0 aliphatic rings. The van der Waals surface area contributed by atoms with Crippen LogP contribution in [0, 0.1) is 11.6 Å². The van der Waals surface area contributed by atoms with Gasteiger partial charge in [-0.1, -0.05) is 0 Å². The molecule has 0 radical (unpaired) electrons. The number of hydrogen-bond donors (Lipinski definition) is 1. The lowest BCUT2D eigenvalue weighted by Crippen LogP contribution is -2.23. The Labute approximate surface area is 96.1 Å². The second-order valence-electron chi connectivity index (χ2n) is 3.39. The molecule has 0 saturated heterocycles. The van der Waals surface area contributed by atoms with Gasteiger partial charge in [0.2, 0.25) is 0 Å². The Morgan fingerprint density at radius 1 is 1.29 bits per heavy atom. The van der Waals surface area contributed by atoms with Crippen molar-refractivity contribution < 1.29 is 18.0 Å². The maximum absolute atomic E-state index is 13.2.